The lowest BCUT2D eigenvalue weighted by atomic mass is 9.69. The predicted octanol–water partition coefficient (Wildman–Crippen LogP) is 3.84. The molecule has 1 N–H and O–H groups in total. The molecule has 15 heavy (non-hydrogen) atoms. The summed E-state index contributed by atoms with van der Waals surface area (Å²) >= 11 is 0. The second-order valence-electron chi connectivity index (χ2n) is 6.20. The Morgan fingerprint density at radius 3 is 2.20 bits per heavy atom. The van der Waals surface area contributed by atoms with Gasteiger partial charge in [-0.1, -0.05) is 34.1 Å². The first-order valence-corrected chi connectivity index (χ1v) is 6.67. The van der Waals surface area contributed by atoms with E-state index in [-0.39, 0.29) is 0 Å². The van der Waals surface area contributed by atoms with E-state index in [0.29, 0.717) is 5.41 Å². The summed E-state index contributed by atoms with van der Waals surface area (Å²) < 4.78 is 0. The fourth-order valence-corrected chi connectivity index (χ4v) is 3.02. The quantitative estimate of drug-likeness (QED) is 0.745. The molecule has 1 fully saturated rings. The van der Waals surface area contributed by atoms with Crippen molar-refractivity contribution >= 4 is 0 Å². The van der Waals surface area contributed by atoms with E-state index >= 15 is 0 Å². The molecule has 0 aliphatic heterocycles. The normalized spacial score (nSPS) is 26.2. The Morgan fingerprint density at radius 1 is 1.27 bits per heavy atom. The summed E-state index contributed by atoms with van der Waals surface area (Å²) in [5.74, 6) is 1.74. The van der Waals surface area contributed by atoms with E-state index < -0.39 is 0 Å². The minimum absolute atomic E-state index is 0.601. The summed E-state index contributed by atoms with van der Waals surface area (Å²) in [6.07, 6.45) is 6.95. The van der Waals surface area contributed by atoms with Crippen LogP contribution in [0.5, 0.6) is 0 Å². The SMILES string of the molecule is CCC(C)C(NC)C1CCC(C)(C)CC1. The molecule has 1 nitrogen and oxygen atoms in total. The van der Waals surface area contributed by atoms with Crippen molar-refractivity contribution in [2.75, 3.05) is 7.05 Å². The molecule has 0 bridgehead atoms. The van der Waals surface area contributed by atoms with Crippen LogP contribution in [0.25, 0.3) is 0 Å². The maximum absolute atomic E-state index is 3.55. The lowest BCUT2D eigenvalue weighted by Crippen LogP contribution is -2.41. The van der Waals surface area contributed by atoms with Gasteiger partial charge in [-0.05, 0) is 50.0 Å². The van der Waals surface area contributed by atoms with Gasteiger partial charge in [-0.15, -0.1) is 0 Å². The first-order chi connectivity index (χ1) is 7.00. The Bertz CT molecular complexity index is 176. The number of nitrogens with one attached hydrogen (secondary N) is 1. The molecule has 0 aromatic heterocycles. The van der Waals surface area contributed by atoms with Crippen LogP contribution in [0.2, 0.25) is 0 Å². The van der Waals surface area contributed by atoms with Gasteiger partial charge in [0, 0.05) is 6.04 Å². The second-order valence-corrected chi connectivity index (χ2v) is 6.20. The van der Waals surface area contributed by atoms with E-state index in [1.165, 1.54) is 32.1 Å². The fraction of sp³-hybridized carbons (Fsp3) is 1.00. The van der Waals surface area contributed by atoms with Crippen molar-refractivity contribution in [3.63, 3.8) is 0 Å². The van der Waals surface area contributed by atoms with Crippen LogP contribution in [-0.4, -0.2) is 13.1 Å². The van der Waals surface area contributed by atoms with Crippen LogP contribution in [0.15, 0.2) is 0 Å². The zero-order valence-electron chi connectivity index (χ0n) is 11.3. The molecule has 0 saturated heterocycles. The van der Waals surface area contributed by atoms with Crippen molar-refractivity contribution in [1.29, 1.82) is 0 Å². The molecular formula is C14H29N. The Labute approximate surface area is 96.0 Å². The third kappa shape index (κ3) is 3.48. The van der Waals surface area contributed by atoms with Crippen LogP contribution in [0.4, 0.5) is 0 Å². The Morgan fingerprint density at radius 2 is 1.80 bits per heavy atom. The smallest absolute Gasteiger partial charge is 0.0118 e. The van der Waals surface area contributed by atoms with E-state index in [1.807, 2.05) is 0 Å². The minimum atomic E-state index is 0.601. The molecule has 1 rings (SSSR count). The van der Waals surface area contributed by atoms with Crippen molar-refractivity contribution in [3.8, 4) is 0 Å². The van der Waals surface area contributed by atoms with Gasteiger partial charge in [0.1, 0.15) is 0 Å². The highest BCUT2D eigenvalue weighted by molar-refractivity contribution is 4.86. The molecule has 2 unspecified atom stereocenters. The molecule has 0 aromatic carbocycles. The summed E-state index contributed by atoms with van der Waals surface area (Å²) in [6.45, 7) is 9.53. The van der Waals surface area contributed by atoms with Gasteiger partial charge in [-0.25, -0.2) is 0 Å². The van der Waals surface area contributed by atoms with Gasteiger partial charge in [-0.2, -0.15) is 0 Å². The highest BCUT2D eigenvalue weighted by atomic mass is 14.9. The van der Waals surface area contributed by atoms with Gasteiger partial charge >= 0.3 is 0 Å². The largest absolute Gasteiger partial charge is 0.316 e. The fourth-order valence-electron chi connectivity index (χ4n) is 3.02. The first-order valence-electron chi connectivity index (χ1n) is 6.67. The van der Waals surface area contributed by atoms with E-state index in [9.17, 15) is 0 Å². The van der Waals surface area contributed by atoms with E-state index in [0.717, 1.165) is 17.9 Å². The topological polar surface area (TPSA) is 12.0 Å². The molecule has 1 aliphatic rings. The Balaban J connectivity index is 2.50. The summed E-state index contributed by atoms with van der Waals surface area (Å²) in [6, 6.07) is 0.742. The Hall–Kier alpha value is -0.0400. The van der Waals surface area contributed by atoms with Gasteiger partial charge in [0.2, 0.25) is 0 Å². The van der Waals surface area contributed by atoms with Crippen LogP contribution >= 0.6 is 0 Å². The maximum atomic E-state index is 3.55. The van der Waals surface area contributed by atoms with Crippen LogP contribution in [0, 0.1) is 17.3 Å². The lowest BCUT2D eigenvalue weighted by molar-refractivity contribution is 0.142. The monoisotopic (exact) mass is 211 g/mol. The van der Waals surface area contributed by atoms with Gasteiger partial charge in [0.15, 0.2) is 0 Å². The van der Waals surface area contributed by atoms with E-state index in [2.05, 4.69) is 40.1 Å². The van der Waals surface area contributed by atoms with Gasteiger partial charge in [-0.3, -0.25) is 0 Å². The minimum Gasteiger partial charge on any atom is -0.316 e. The highest BCUT2D eigenvalue weighted by Crippen LogP contribution is 2.40. The highest BCUT2D eigenvalue weighted by Gasteiger charge is 2.32. The van der Waals surface area contributed by atoms with Crippen molar-refractivity contribution in [3.05, 3.63) is 0 Å². The number of hydrogen-bond donors (Lipinski definition) is 1. The standard InChI is InChI=1S/C14H29N/c1-6-11(2)13(15-5)12-7-9-14(3,4)10-8-12/h11-13,15H,6-10H2,1-5H3. The molecule has 90 valence electrons. The second kappa shape index (κ2) is 5.34. The predicted molar refractivity (Wildman–Crippen MR) is 68.0 cm³/mol. The van der Waals surface area contributed by atoms with Crippen molar-refractivity contribution in [2.24, 2.45) is 17.3 Å². The molecule has 0 radical (unpaired) electrons. The van der Waals surface area contributed by atoms with Crippen molar-refractivity contribution in [1.82, 2.24) is 5.32 Å². The average Bonchev–Trinajstić information content (AvgIpc) is 2.21. The zero-order chi connectivity index (χ0) is 11.5. The molecule has 1 saturated carbocycles. The third-order valence-electron chi connectivity index (χ3n) is 4.48. The molecule has 1 aliphatic carbocycles. The summed E-state index contributed by atoms with van der Waals surface area (Å²) in [4.78, 5) is 0. The molecule has 0 amide bonds. The first kappa shape index (κ1) is 13.0. The third-order valence-corrected chi connectivity index (χ3v) is 4.48. The van der Waals surface area contributed by atoms with Gasteiger partial charge in [0.25, 0.3) is 0 Å². The molecule has 2 atom stereocenters. The van der Waals surface area contributed by atoms with Gasteiger partial charge < -0.3 is 5.32 Å². The van der Waals surface area contributed by atoms with Gasteiger partial charge in [0.05, 0.1) is 0 Å². The van der Waals surface area contributed by atoms with Crippen LogP contribution in [0.3, 0.4) is 0 Å². The summed E-state index contributed by atoms with van der Waals surface area (Å²) in [7, 11) is 2.14. The molecule has 0 spiro atoms. The van der Waals surface area contributed by atoms with E-state index in [1.54, 1.807) is 0 Å². The van der Waals surface area contributed by atoms with Crippen molar-refractivity contribution in [2.45, 2.75) is 65.8 Å². The van der Waals surface area contributed by atoms with Crippen LogP contribution in [0.1, 0.15) is 59.8 Å². The molecule has 0 heterocycles. The zero-order valence-corrected chi connectivity index (χ0v) is 11.3. The number of hydrogen-bond acceptors (Lipinski definition) is 1. The number of rotatable bonds is 4. The molecular weight excluding hydrogens is 182 g/mol. The lowest BCUT2D eigenvalue weighted by Gasteiger charge is -2.40. The summed E-state index contributed by atoms with van der Waals surface area (Å²) in [5.41, 5.74) is 0.601. The summed E-state index contributed by atoms with van der Waals surface area (Å²) in [5, 5.41) is 3.55. The van der Waals surface area contributed by atoms with Crippen LogP contribution < -0.4 is 5.32 Å². The maximum Gasteiger partial charge on any atom is 0.0118 e. The van der Waals surface area contributed by atoms with Crippen molar-refractivity contribution < 1.29 is 0 Å². The van der Waals surface area contributed by atoms with E-state index in [4.69, 9.17) is 0 Å². The molecule has 0 aromatic rings. The molecule has 1 heteroatoms. The van der Waals surface area contributed by atoms with Crippen LogP contribution in [-0.2, 0) is 0 Å². The average molecular weight is 211 g/mol. The Kier molecular flexibility index (Phi) is 4.64.